The van der Waals surface area contributed by atoms with Crippen LogP contribution in [0, 0.1) is 0 Å². The summed E-state index contributed by atoms with van der Waals surface area (Å²) in [5.74, 6) is -3.37. The molecule has 1 aliphatic heterocycles. The van der Waals surface area contributed by atoms with Crippen LogP contribution in [-0.4, -0.2) is 84.9 Å². The van der Waals surface area contributed by atoms with Gasteiger partial charge in [-0.25, -0.2) is 0 Å². The molecule has 0 bridgehead atoms. The zero-order valence-corrected chi connectivity index (χ0v) is 16.7. The van der Waals surface area contributed by atoms with Gasteiger partial charge >= 0.3 is 5.97 Å². The van der Waals surface area contributed by atoms with Crippen LogP contribution in [-0.2, 0) is 19.1 Å². The van der Waals surface area contributed by atoms with Crippen molar-refractivity contribution in [1.82, 2.24) is 20.9 Å². The summed E-state index contributed by atoms with van der Waals surface area (Å²) in [4.78, 5) is 38.1. The zero-order valence-electron chi connectivity index (χ0n) is 16.7. The van der Waals surface area contributed by atoms with E-state index in [0.717, 1.165) is 51.7 Å². The van der Waals surface area contributed by atoms with E-state index in [1.54, 1.807) is 0 Å². The maximum atomic E-state index is 12.6. The van der Waals surface area contributed by atoms with Crippen LogP contribution < -0.4 is 16.0 Å². The maximum absolute atomic E-state index is 12.6. The van der Waals surface area contributed by atoms with Crippen LogP contribution in [0.3, 0.4) is 0 Å². The molecule has 0 spiro atoms. The molecule has 0 radical (unpaired) electrons. The maximum Gasteiger partial charge on any atom is 0.322 e. The molecule has 2 rings (SSSR count). The lowest BCUT2D eigenvalue weighted by Gasteiger charge is -2.26. The average Bonchev–Trinajstić information content (AvgIpc) is 2.71. The van der Waals surface area contributed by atoms with E-state index < -0.39 is 35.8 Å². The van der Waals surface area contributed by atoms with Crippen LogP contribution in [0.5, 0.6) is 0 Å². The number of hydrogen-bond donors (Lipinski definition) is 5. The first-order chi connectivity index (χ1) is 14.0. The SMILES string of the molecule is O=C(O)CNC(O)=C(C(=O)NCCCN1CCOCC1)C(=O)NC1CCCCC1. The molecular formula is C19H32N4O6. The van der Waals surface area contributed by atoms with Gasteiger partial charge in [0.2, 0.25) is 5.88 Å². The lowest BCUT2D eigenvalue weighted by atomic mass is 9.95. The van der Waals surface area contributed by atoms with Crippen molar-refractivity contribution < 1.29 is 29.3 Å². The van der Waals surface area contributed by atoms with E-state index in [9.17, 15) is 19.5 Å². The first kappa shape index (κ1) is 23.0. The van der Waals surface area contributed by atoms with Gasteiger partial charge in [0.15, 0.2) is 5.57 Å². The number of aliphatic hydroxyl groups excluding tert-OH is 1. The van der Waals surface area contributed by atoms with E-state index >= 15 is 0 Å². The number of aliphatic hydroxyl groups is 1. The summed E-state index contributed by atoms with van der Waals surface area (Å²) in [5.41, 5.74) is -0.483. The average molecular weight is 412 g/mol. The third-order valence-corrected chi connectivity index (χ3v) is 5.08. The minimum atomic E-state index is -1.21. The number of carbonyl (C=O) groups excluding carboxylic acids is 2. The Bertz CT molecular complexity index is 598. The van der Waals surface area contributed by atoms with Crippen molar-refractivity contribution >= 4 is 17.8 Å². The zero-order chi connectivity index (χ0) is 21.1. The van der Waals surface area contributed by atoms with Crippen LogP contribution in [0.4, 0.5) is 0 Å². The number of morpholine rings is 1. The van der Waals surface area contributed by atoms with Crippen molar-refractivity contribution in [3.63, 3.8) is 0 Å². The third kappa shape index (κ3) is 8.28. The molecular weight excluding hydrogens is 380 g/mol. The Morgan fingerprint density at radius 1 is 0.966 bits per heavy atom. The van der Waals surface area contributed by atoms with E-state index in [-0.39, 0.29) is 6.04 Å². The Labute approximate surface area is 170 Å². The smallest absolute Gasteiger partial charge is 0.322 e. The number of amides is 2. The summed E-state index contributed by atoms with van der Waals surface area (Å²) >= 11 is 0. The second kappa shape index (κ2) is 12.3. The van der Waals surface area contributed by atoms with Crippen LogP contribution in [0.2, 0.25) is 0 Å². The number of hydrogen-bond acceptors (Lipinski definition) is 7. The normalized spacial score (nSPS) is 19.2. The van der Waals surface area contributed by atoms with Crippen LogP contribution >= 0.6 is 0 Å². The molecule has 2 aliphatic rings. The predicted octanol–water partition coefficient (Wildman–Crippen LogP) is -0.282. The third-order valence-electron chi connectivity index (χ3n) is 5.08. The molecule has 0 aromatic heterocycles. The lowest BCUT2D eigenvalue weighted by Crippen LogP contribution is -2.43. The fraction of sp³-hybridized carbons (Fsp3) is 0.737. The number of carboxylic acid groups (broad SMARTS) is 1. The standard InChI is InChI=1S/C19H32N4O6/c24-15(25)13-21-18(27)16(19(28)22-14-5-2-1-3-6-14)17(26)20-7-4-8-23-9-11-29-12-10-23/h14,21,27H,1-13H2,(H,20,26)(H,22,28)(H,24,25). The van der Waals surface area contributed by atoms with Gasteiger partial charge in [0, 0.05) is 25.7 Å². The quantitative estimate of drug-likeness (QED) is 0.108. The second-order valence-corrected chi connectivity index (χ2v) is 7.34. The molecule has 2 fully saturated rings. The van der Waals surface area contributed by atoms with Gasteiger partial charge in [0.1, 0.15) is 6.54 Å². The summed E-state index contributed by atoms with van der Waals surface area (Å²) in [6.07, 6.45) is 5.45. The van der Waals surface area contributed by atoms with Gasteiger partial charge in [0.25, 0.3) is 11.8 Å². The van der Waals surface area contributed by atoms with Gasteiger partial charge < -0.3 is 30.9 Å². The van der Waals surface area contributed by atoms with Crippen LogP contribution in [0.1, 0.15) is 38.5 Å². The van der Waals surface area contributed by atoms with Gasteiger partial charge in [-0.15, -0.1) is 0 Å². The van der Waals surface area contributed by atoms with E-state index in [1.165, 1.54) is 0 Å². The molecule has 0 unspecified atom stereocenters. The van der Waals surface area contributed by atoms with Gasteiger partial charge in [-0.05, 0) is 25.8 Å². The van der Waals surface area contributed by atoms with E-state index in [4.69, 9.17) is 9.84 Å². The van der Waals surface area contributed by atoms with Crippen molar-refractivity contribution in [1.29, 1.82) is 0 Å². The summed E-state index contributed by atoms with van der Waals surface area (Å²) in [5, 5.41) is 26.6. The Morgan fingerprint density at radius 2 is 1.66 bits per heavy atom. The number of carbonyl (C=O) groups is 3. The highest BCUT2D eigenvalue weighted by Gasteiger charge is 2.26. The van der Waals surface area contributed by atoms with Crippen molar-refractivity contribution in [2.45, 2.75) is 44.6 Å². The molecule has 1 heterocycles. The van der Waals surface area contributed by atoms with E-state index in [2.05, 4.69) is 20.9 Å². The fourth-order valence-electron chi connectivity index (χ4n) is 3.49. The van der Waals surface area contributed by atoms with Gasteiger partial charge in [-0.2, -0.15) is 0 Å². The van der Waals surface area contributed by atoms with Crippen LogP contribution in [0.25, 0.3) is 0 Å². The van der Waals surface area contributed by atoms with E-state index in [1.807, 2.05) is 0 Å². The molecule has 10 heteroatoms. The van der Waals surface area contributed by atoms with Gasteiger partial charge in [-0.3, -0.25) is 19.3 Å². The molecule has 164 valence electrons. The molecule has 2 amide bonds. The number of carboxylic acids is 1. The second-order valence-electron chi connectivity index (χ2n) is 7.34. The minimum absolute atomic E-state index is 0.0485. The van der Waals surface area contributed by atoms with Crippen molar-refractivity contribution in [2.24, 2.45) is 0 Å². The van der Waals surface area contributed by atoms with Crippen LogP contribution in [0.15, 0.2) is 11.5 Å². The van der Waals surface area contributed by atoms with Crippen molar-refractivity contribution in [3.05, 3.63) is 11.5 Å². The highest BCUT2D eigenvalue weighted by Crippen LogP contribution is 2.18. The Balaban J connectivity index is 1.91. The minimum Gasteiger partial charge on any atom is -0.494 e. The van der Waals surface area contributed by atoms with Crippen molar-refractivity contribution in [2.75, 3.05) is 45.9 Å². The number of nitrogens with one attached hydrogen (secondary N) is 3. The Kier molecular flexibility index (Phi) is 9.72. The summed E-state index contributed by atoms with van der Waals surface area (Å²) in [7, 11) is 0. The number of rotatable bonds is 10. The number of aliphatic carboxylic acids is 1. The molecule has 1 saturated heterocycles. The molecule has 5 N–H and O–H groups in total. The molecule has 10 nitrogen and oxygen atoms in total. The molecule has 29 heavy (non-hydrogen) atoms. The van der Waals surface area contributed by atoms with Gasteiger partial charge in [0.05, 0.1) is 13.2 Å². The fourth-order valence-corrected chi connectivity index (χ4v) is 3.49. The molecule has 1 saturated carbocycles. The van der Waals surface area contributed by atoms with Crippen molar-refractivity contribution in [3.8, 4) is 0 Å². The summed E-state index contributed by atoms with van der Waals surface area (Å²) in [6.45, 7) is 3.62. The first-order valence-electron chi connectivity index (χ1n) is 10.3. The largest absolute Gasteiger partial charge is 0.494 e. The molecule has 1 aliphatic carbocycles. The molecule has 0 aromatic carbocycles. The summed E-state index contributed by atoms with van der Waals surface area (Å²) in [6, 6.07) is -0.0485. The Hall–Kier alpha value is -2.33. The number of ether oxygens (including phenoxy) is 1. The molecule has 0 aromatic rings. The lowest BCUT2D eigenvalue weighted by molar-refractivity contribution is -0.136. The summed E-state index contributed by atoms with van der Waals surface area (Å²) < 4.78 is 5.29. The van der Waals surface area contributed by atoms with E-state index in [0.29, 0.717) is 26.2 Å². The Morgan fingerprint density at radius 3 is 2.31 bits per heavy atom. The highest BCUT2D eigenvalue weighted by atomic mass is 16.5. The molecule has 0 atom stereocenters. The monoisotopic (exact) mass is 412 g/mol. The first-order valence-corrected chi connectivity index (χ1v) is 10.3. The van der Waals surface area contributed by atoms with Gasteiger partial charge in [-0.1, -0.05) is 19.3 Å². The highest BCUT2D eigenvalue weighted by molar-refractivity contribution is 6.18. The topological polar surface area (TPSA) is 140 Å². The predicted molar refractivity (Wildman–Crippen MR) is 105 cm³/mol. The number of nitrogens with zero attached hydrogens (tertiary/aromatic N) is 1.